The largest absolute Gasteiger partial charge is 0.384 e. The van der Waals surface area contributed by atoms with E-state index in [0.29, 0.717) is 5.41 Å². The molecule has 15 heavy (non-hydrogen) atoms. The van der Waals surface area contributed by atoms with Crippen molar-refractivity contribution in [1.29, 1.82) is 0 Å². The predicted molar refractivity (Wildman–Crippen MR) is 62.8 cm³/mol. The molecule has 0 amide bonds. The van der Waals surface area contributed by atoms with Crippen LogP contribution in [0.4, 0.5) is 0 Å². The summed E-state index contributed by atoms with van der Waals surface area (Å²) in [5.41, 5.74) is 0.582. The van der Waals surface area contributed by atoms with E-state index in [1.807, 2.05) is 7.11 Å². The molecule has 1 N–H and O–H groups in total. The summed E-state index contributed by atoms with van der Waals surface area (Å²) in [7, 11) is 1.85. The molecule has 0 aliphatic heterocycles. The van der Waals surface area contributed by atoms with Crippen LogP contribution in [0.1, 0.15) is 33.1 Å². The fourth-order valence-corrected chi connectivity index (χ4v) is 2.94. The highest BCUT2D eigenvalue weighted by atomic mass is 16.5. The van der Waals surface area contributed by atoms with Crippen molar-refractivity contribution in [2.75, 3.05) is 26.8 Å². The summed E-state index contributed by atoms with van der Waals surface area (Å²) in [6.07, 6.45) is 4.30. The number of methoxy groups -OCH3 is 1. The molecule has 0 aromatic rings. The standard InChI is InChI=1S/C13H25NO/c1-10(2)7-14-8-12-6-13(12,9-15-3)11-4-5-11/h10-12,14H,4-9H2,1-3H3. The number of hydrogen-bond donors (Lipinski definition) is 1. The van der Waals surface area contributed by atoms with E-state index >= 15 is 0 Å². The Kier molecular flexibility index (Phi) is 3.36. The lowest BCUT2D eigenvalue weighted by atomic mass is 9.98. The number of rotatable bonds is 7. The van der Waals surface area contributed by atoms with Gasteiger partial charge in [0.2, 0.25) is 0 Å². The Morgan fingerprint density at radius 1 is 1.40 bits per heavy atom. The van der Waals surface area contributed by atoms with Crippen LogP contribution in [0.3, 0.4) is 0 Å². The van der Waals surface area contributed by atoms with E-state index in [-0.39, 0.29) is 0 Å². The first kappa shape index (κ1) is 11.4. The van der Waals surface area contributed by atoms with Gasteiger partial charge in [0.1, 0.15) is 0 Å². The lowest BCUT2D eigenvalue weighted by molar-refractivity contribution is 0.119. The van der Waals surface area contributed by atoms with Crippen molar-refractivity contribution in [2.24, 2.45) is 23.2 Å². The van der Waals surface area contributed by atoms with Gasteiger partial charge in [-0.15, -0.1) is 0 Å². The molecule has 0 bridgehead atoms. The lowest BCUT2D eigenvalue weighted by Crippen LogP contribution is -2.26. The van der Waals surface area contributed by atoms with Gasteiger partial charge >= 0.3 is 0 Å². The monoisotopic (exact) mass is 211 g/mol. The Morgan fingerprint density at radius 3 is 2.67 bits per heavy atom. The van der Waals surface area contributed by atoms with Crippen molar-refractivity contribution in [1.82, 2.24) is 5.32 Å². The molecule has 2 aliphatic rings. The second-order valence-corrected chi connectivity index (χ2v) is 5.89. The molecule has 0 aromatic carbocycles. The summed E-state index contributed by atoms with van der Waals surface area (Å²) in [4.78, 5) is 0. The van der Waals surface area contributed by atoms with Crippen LogP contribution in [0.5, 0.6) is 0 Å². The van der Waals surface area contributed by atoms with E-state index in [0.717, 1.165) is 30.9 Å². The maximum absolute atomic E-state index is 5.40. The summed E-state index contributed by atoms with van der Waals surface area (Å²) in [5, 5.41) is 3.59. The van der Waals surface area contributed by atoms with Gasteiger partial charge in [-0.2, -0.15) is 0 Å². The van der Waals surface area contributed by atoms with Crippen molar-refractivity contribution < 1.29 is 4.74 Å². The van der Waals surface area contributed by atoms with Crippen LogP contribution in [0.15, 0.2) is 0 Å². The van der Waals surface area contributed by atoms with Crippen LogP contribution < -0.4 is 5.32 Å². The first-order valence-electron chi connectivity index (χ1n) is 6.38. The normalized spacial score (nSPS) is 34.8. The fraction of sp³-hybridized carbons (Fsp3) is 1.00. The smallest absolute Gasteiger partial charge is 0.0524 e. The summed E-state index contributed by atoms with van der Waals surface area (Å²) in [6.45, 7) is 7.89. The molecule has 2 heteroatoms. The second kappa shape index (κ2) is 4.42. The Balaban J connectivity index is 1.71. The zero-order valence-electron chi connectivity index (χ0n) is 10.4. The van der Waals surface area contributed by atoms with Gasteiger partial charge in [0.25, 0.3) is 0 Å². The van der Waals surface area contributed by atoms with Crippen molar-refractivity contribution >= 4 is 0 Å². The molecule has 0 radical (unpaired) electrons. The van der Waals surface area contributed by atoms with E-state index < -0.39 is 0 Å². The van der Waals surface area contributed by atoms with Crippen molar-refractivity contribution in [2.45, 2.75) is 33.1 Å². The first-order chi connectivity index (χ1) is 7.19. The second-order valence-electron chi connectivity index (χ2n) is 5.89. The molecule has 0 heterocycles. The summed E-state index contributed by atoms with van der Waals surface area (Å²) >= 11 is 0. The summed E-state index contributed by atoms with van der Waals surface area (Å²) in [6, 6.07) is 0. The first-order valence-corrected chi connectivity index (χ1v) is 6.38. The van der Waals surface area contributed by atoms with Gasteiger partial charge in [-0.1, -0.05) is 13.8 Å². The highest BCUT2D eigenvalue weighted by molar-refractivity contribution is 5.10. The third kappa shape index (κ3) is 2.54. The fourth-order valence-electron chi connectivity index (χ4n) is 2.94. The zero-order chi connectivity index (χ0) is 10.9. The highest BCUT2D eigenvalue weighted by Crippen LogP contribution is 2.65. The van der Waals surface area contributed by atoms with Crippen molar-refractivity contribution in [3.63, 3.8) is 0 Å². The summed E-state index contributed by atoms with van der Waals surface area (Å²) in [5.74, 6) is 2.65. The van der Waals surface area contributed by atoms with E-state index in [9.17, 15) is 0 Å². The van der Waals surface area contributed by atoms with Gasteiger partial charge in [0.15, 0.2) is 0 Å². The average Bonchev–Trinajstić information content (AvgIpc) is 2.97. The molecule has 2 unspecified atom stereocenters. The van der Waals surface area contributed by atoms with Crippen LogP contribution in [-0.4, -0.2) is 26.8 Å². The third-order valence-electron chi connectivity index (χ3n) is 4.03. The highest BCUT2D eigenvalue weighted by Gasteiger charge is 2.61. The van der Waals surface area contributed by atoms with Crippen LogP contribution >= 0.6 is 0 Å². The minimum absolute atomic E-state index is 0.582. The molecule has 0 spiro atoms. The van der Waals surface area contributed by atoms with Crippen molar-refractivity contribution in [3.8, 4) is 0 Å². The Bertz CT molecular complexity index is 213. The minimum atomic E-state index is 0.582. The van der Waals surface area contributed by atoms with E-state index in [1.54, 1.807) is 0 Å². The molecular formula is C13H25NO. The molecule has 2 saturated carbocycles. The maximum atomic E-state index is 5.40. The maximum Gasteiger partial charge on any atom is 0.0524 e. The molecule has 0 saturated heterocycles. The predicted octanol–water partition coefficient (Wildman–Crippen LogP) is 2.29. The molecule has 2 fully saturated rings. The number of ether oxygens (including phenoxy) is 1. The van der Waals surface area contributed by atoms with Crippen LogP contribution in [0.2, 0.25) is 0 Å². The zero-order valence-corrected chi connectivity index (χ0v) is 10.4. The van der Waals surface area contributed by atoms with Gasteiger partial charge in [0, 0.05) is 12.5 Å². The average molecular weight is 211 g/mol. The molecule has 88 valence electrons. The van der Waals surface area contributed by atoms with Gasteiger partial charge in [-0.3, -0.25) is 0 Å². The van der Waals surface area contributed by atoms with Crippen LogP contribution in [0.25, 0.3) is 0 Å². The molecule has 2 aliphatic carbocycles. The molecule has 2 nitrogen and oxygen atoms in total. The van der Waals surface area contributed by atoms with Gasteiger partial charge in [-0.25, -0.2) is 0 Å². The van der Waals surface area contributed by atoms with Crippen LogP contribution in [0, 0.1) is 23.2 Å². The topological polar surface area (TPSA) is 21.3 Å². The van der Waals surface area contributed by atoms with Crippen molar-refractivity contribution in [3.05, 3.63) is 0 Å². The Labute approximate surface area is 93.8 Å². The summed E-state index contributed by atoms with van der Waals surface area (Å²) < 4.78 is 5.40. The number of nitrogens with one attached hydrogen (secondary N) is 1. The quantitative estimate of drug-likeness (QED) is 0.697. The minimum Gasteiger partial charge on any atom is -0.384 e. The van der Waals surface area contributed by atoms with Gasteiger partial charge in [0.05, 0.1) is 6.61 Å². The molecule has 2 atom stereocenters. The van der Waals surface area contributed by atoms with Crippen LogP contribution in [-0.2, 0) is 4.74 Å². The number of hydrogen-bond acceptors (Lipinski definition) is 2. The molecular weight excluding hydrogens is 186 g/mol. The SMILES string of the molecule is COCC1(C2CC2)CC1CNCC(C)C. The van der Waals surface area contributed by atoms with E-state index in [2.05, 4.69) is 19.2 Å². The Morgan fingerprint density at radius 2 is 2.13 bits per heavy atom. The van der Waals surface area contributed by atoms with E-state index in [4.69, 9.17) is 4.74 Å². The molecule has 0 aromatic heterocycles. The molecule has 2 rings (SSSR count). The lowest BCUT2D eigenvalue weighted by Gasteiger charge is -2.16. The van der Waals surface area contributed by atoms with Gasteiger partial charge < -0.3 is 10.1 Å². The van der Waals surface area contributed by atoms with E-state index in [1.165, 1.54) is 25.8 Å². The third-order valence-corrected chi connectivity index (χ3v) is 4.03. The van der Waals surface area contributed by atoms with Gasteiger partial charge in [-0.05, 0) is 50.1 Å². The Hall–Kier alpha value is -0.0800.